The molecule has 1 aliphatic rings. The van der Waals surface area contributed by atoms with E-state index in [2.05, 4.69) is 51.9 Å². The van der Waals surface area contributed by atoms with E-state index < -0.39 is 0 Å². The van der Waals surface area contributed by atoms with E-state index in [4.69, 9.17) is 0 Å². The van der Waals surface area contributed by atoms with Gasteiger partial charge in [0.15, 0.2) is 5.82 Å². The van der Waals surface area contributed by atoms with Gasteiger partial charge in [-0.3, -0.25) is 4.57 Å². The van der Waals surface area contributed by atoms with E-state index in [1.54, 1.807) is 6.33 Å². The smallest absolute Gasteiger partial charge is 0.160 e. The molecular weight excluding hydrogens is 248 g/mol. The molecule has 0 radical (unpaired) electrons. The topological polar surface area (TPSA) is 42.7 Å². The minimum atomic E-state index is 0.176. The molecular formula is C16H14N4. The molecule has 0 amide bonds. The van der Waals surface area contributed by atoms with Gasteiger partial charge >= 0.3 is 0 Å². The number of hydrogen-bond donors (Lipinski definition) is 1. The van der Waals surface area contributed by atoms with Crippen LogP contribution in [0.2, 0.25) is 0 Å². The highest BCUT2D eigenvalue weighted by molar-refractivity contribution is 5.57. The molecule has 0 fully saturated rings. The van der Waals surface area contributed by atoms with Crippen molar-refractivity contribution in [2.45, 2.75) is 12.5 Å². The molecule has 1 atom stereocenters. The van der Waals surface area contributed by atoms with Gasteiger partial charge in [0, 0.05) is 17.8 Å². The highest BCUT2D eigenvalue weighted by atomic mass is 15.3. The lowest BCUT2D eigenvalue weighted by Crippen LogP contribution is -2.12. The van der Waals surface area contributed by atoms with E-state index in [1.165, 1.54) is 11.3 Å². The molecule has 0 bridgehead atoms. The molecule has 0 unspecified atom stereocenters. The number of benzene rings is 2. The highest BCUT2D eigenvalue weighted by Crippen LogP contribution is 2.33. The van der Waals surface area contributed by atoms with Crippen LogP contribution in [0, 0.1) is 0 Å². The summed E-state index contributed by atoms with van der Waals surface area (Å²) >= 11 is 0. The van der Waals surface area contributed by atoms with Crippen LogP contribution in [0.4, 0.5) is 5.69 Å². The number of aromatic nitrogens is 3. The summed E-state index contributed by atoms with van der Waals surface area (Å²) in [6, 6.07) is 18.8. The molecule has 20 heavy (non-hydrogen) atoms. The number of nitrogens with one attached hydrogen (secondary N) is 1. The summed E-state index contributed by atoms with van der Waals surface area (Å²) in [5.74, 6) is 0.951. The van der Waals surface area contributed by atoms with Crippen molar-refractivity contribution in [1.82, 2.24) is 14.8 Å². The average molecular weight is 262 g/mol. The zero-order valence-corrected chi connectivity index (χ0v) is 10.9. The Morgan fingerprint density at radius 1 is 1.00 bits per heavy atom. The molecule has 4 heteroatoms. The SMILES string of the molecule is c1ccc(-n2cnnc2[C@@H]2Cc3ccccc3N2)cc1. The Balaban J connectivity index is 1.71. The Morgan fingerprint density at radius 2 is 1.80 bits per heavy atom. The molecule has 2 heterocycles. The van der Waals surface area contributed by atoms with Gasteiger partial charge in [0.1, 0.15) is 6.33 Å². The first-order valence-corrected chi connectivity index (χ1v) is 6.71. The molecule has 2 aromatic carbocycles. The molecule has 98 valence electrons. The van der Waals surface area contributed by atoms with Crippen LogP contribution in [0.1, 0.15) is 17.4 Å². The van der Waals surface area contributed by atoms with Crippen LogP contribution in [0.15, 0.2) is 60.9 Å². The van der Waals surface area contributed by atoms with Crippen molar-refractivity contribution in [2.24, 2.45) is 0 Å². The lowest BCUT2D eigenvalue weighted by molar-refractivity contribution is 0.723. The second-order valence-electron chi connectivity index (χ2n) is 4.95. The molecule has 0 saturated heterocycles. The standard InChI is InChI=1S/C16H14N4/c1-2-7-13(8-3-1)20-11-17-19-16(20)15-10-12-6-4-5-9-14(12)18-15/h1-9,11,15,18H,10H2/t15-/m0/s1. The molecule has 1 N–H and O–H groups in total. The van der Waals surface area contributed by atoms with Crippen LogP contribution in [-0.2, 0) is 6.42 Å². The first kappa shape index (κ1) is 11.2. The third-order valence-electron chi connectivity index (χ3n) is 3.69. The second kappa shape index (κ2) is 4.49. The quantitative estimate of drug-likeness (QED) is 0.772. The molecule has 1 aliphatic heterocycles. The van der Waals surface area contributed by atoms with E-state index >= 15 is 0 Å². The minimum absolute atomic E-state index is 0.176. The number of rotatable bonds is 2. The molecule has 4 nitrogen and oxygen atoms in total. The zero-order chi connectivity index (χ0) is 13.4. The van der Waals surface area contributed by atoms with Crippen LogP contribution in [0.25, 0.3) is 5.69 Å². The predicted molar refractivity (Wildman–Crippen MR) is 77.9 cm³/mol. The molecule has 0 saturated carbocycles. The summed E-state index contributed by atoms with van der Waals surface area (Å²) in [4.78, 5) is 0. The van der Waals surface area contributed by atoms with Gasteiger partial charge in [-0.05, 0) is 23.8 Å². The van der Waals surface area contributed by atoms with Crippen LogP contribution >= 0.6 is 0 Å². The normalized spacial score (nSPS) is 16.7. The third-order valence-corrected chi connectivity index (χ3v) is 3.69. The lowest BCUT2D eigenvalue weighted by atomic mass is 10.1. The largest absolute Gasteiger partial charge is 0.375 e. The Kier molecular flexibility index (Phi) is 2.52. The van der Waals surface area contributed by atoms with Gasteiger partial charge in [-0.1, -0.05) is 36.4 Å². The maximum absolute atomic E-state index is 4.31. The van der Waals surface area contributed by atoms with Gasteiger partial charge in [-0.15, -0.1) is 10.2 Å². The summed E-state index contributed by atoms with van der Waals surface area (Å²) in [5.41, 5.74) is 3.62. The Bertz CT molecular complexity index is 708. The van der Waals surface area contributed by atoms with Gasteiger partial charge in [0.25, 0.3) is 0 Å². The number of anilines is 1. The maximum Gasteiger partial charge on any atom is 0.160 e. The average Bonchev–Trinajstić information content (AvgIpc) is 3.14. The molecule has 1 aromatic heterocycles. The monoisotopic (exact) mass is 262 g/mol. The van der Waals surface area contributed by atoms with Gasteiger partial charge in [0.05, 0.1) is 6.04 Å². The number of nitrogens with zero attached hydrogens (tertiary/aromatic N) is 3. The van der Waals surface area contributed by atoms with Crippen molar-refractivity contribution < 1.29 is 0 Å². The van der Waals surface area contributed by atoms with Crippen molar-refractivity contribution >= 4 is 5.69 Å². The van der Waals surface area contributed by atoms with Crippen LogP contribution in [0.5, 0.6) is 0 Å². The Hall–Kier alpha value is -2.62. The van der Waals surface area contributed by atoms with E-state index in [9.17, 15) is 0 Å². The summed E-state index contributed by atoms with van der Waals surface area (Å²) in [6.45, 7) is 0. The van der Waals surface area contributed by atoms with E-state index in [0.717, 1.165) is 17.9 Å². The Labute approximate surface area is 117 Å². The summed E-state index contributed by atoms with van der Waals surface area (Å²) in [7, 11) is 0. The fraction of sp³-hybridized carbons (Fsp3) is 0.125. The van der Waals surface area contributed by atoms with Crippen molar-refractivity contribution in [3.05, 3.63) is 72.3 Å². The Morgan fingerprint density at radius 3 is 2.65 bits per heavy atom. The summed E-state index contributed by atoms with van der Waals surface area (Å²) < 4.78 is 2.05. The first-order valence-electron chi connectivity index (χ1n) is 6.71. The number of para-hydroxylation sites is 2. The van der Waals surface area contributed by atoms with Crippen molar-refractivity contribution in [1.29, 1.82) is 0 Å². The molecule has 0 aliphatic carbocycles. The maximum atomic E-state index is 4.31. The fourth-order valence-corrected chi connectivity index (χ4v) is 2.72. The van der Waals surface area contributed by atoms with Crippen molar-refractivity contribution in [2.75, 3.05) is 5.32 Å². The first-order chi connectivity index (χ1) is 9.92. The fourth-order valence-electron chi connectivity index (χ4n) is 2.72. The van der Waals surface area contributed by atoms with Gasteiger partial charge in [-0.25, -0.2) is 0 Å². The summed E-state index contributed by atoms with van der Waals surface area (Å²) in [6.07, 6.45) is 2.72. The van der Waals surface area contributed by atoms with Gasteiger partial charge < -0.3 is 5.32 Å². The number of hydrogen-bond acceptors (Lipinski definition) is 3. The van der Waals surface area contributed by atoms with E-state index in [-0.39, 0.29) is 6.04 Å². The van der Waals surface area contributed by atoms with E-state index in [1.807, 2.05) is 22.8 Å². The van der Waals surface area contributed by atoms with Crippen molar-refractivity contribution in [3.8, 4) is 5.69 Å². The predicted octanol–water partition coefficient (Wildman–Crippen LogP) is 2.98. The van der Waals surface area contributed by atoms with E-state index in [0.29, 0.717) is 0 Å². The van der Waals surface area contributed by atoms with Gasteiger partial charge in [0.2, 0.25) is 0 Å². The molecule has 0 spiro atoms. The van der Waals surface area contributed by atoms with Crippen LogP contribution in [0.3, 0.4) is 0 Å². The van der Waals surface area contributed by atoms with Crippen LogP contribution in [-0.4, -0.2) is 14.8 Å². The zero-order valence-electron chi connectivity index (χ0n) is 10.9. The number of fused-ring (bicyclic) bond motifs is 1. The molecule has 3 aromatic rings. The van der Waals surface area contributed by atoms with Crippen LogP contribution < -0.4 is 5.32 Å². The minimum Gasteiger partial charge on any atom is -0.375 e. The third kappa shape index (κ3) is 1.77. The van der Waals surface area contributed by atoms with Gasteiger partial charge in [-0.2, -0.15) is 0 Å². The second-order valence-corrected chi connectivity index (χ2v) is 4.95. The van der Waals surface area contributed by atoms with Crippen molar-refractivity contribution in [3.63, 3.8) is 0 Å². The lowest BCUT2D eigenvalue weighted by Gasteiger charge is -2.12. The molecule has 4 rings (SSSR count). The summed E-state index contributed by atoms with van der Waals surface area (Å²) in [5, 5.41) is 11.9. The highest BCUT2D eigenvalue weighted by Gasteiger charge is 2.25.